The number of carbonyl (C=O) groups is 2. The Morgan fingerprint density at radius 2 is 1.68 bits per heavy atom. The highest BCUT2D eigenvalue weighted by atomic mass is 19.1. The van der Waals surface area contributed by atoms with E-state index in [0.717, 1.165) is 18.4 Å². The number of halogens is 1. The maximum Gasteiger partial charge on any atom is 0.261 e. The minimum atomic E-state index is -0.622. The SMILES string of the molecule is CCCCNC(=O)[C@@H](CC)N(Cc1ccc(OC)cc1)C(=O)COc1ccc(F)cc1. The van der Waals surface area contributed by atoms with Crippen LogP contribution < -0.4 is 14.8 Å². The van der Waals surface area contributed by atoms with Crippen LogP contribution in [-0.2, 0) is 16.1 Å². The summed E-state index contributed by atoms with van der Waals surface area (Å²) in [5, 5.41) is 2.92. The molecule has 6 nitrogen and oxygen atoms in total. The number of nitrogens with one attached hydrogen (secondary N) is 1. The van der Waals surface area contributed by atoms with Crippen molar-refractivity contribution >= 4 is 11.8 Å². The van der Waals surface area contributed by atoms with Crippen molar-refractivity contribution in [2.75, 3.05) is 20.3 Å². The van der Waals surface area contributed by atoms with Crippen molar-refractivity contribution in [1.29, 1.82) is 0 Å². The molecular formula is C24H31FN2O4. The first kappa shape index (κ1) is 24.2. The van der Waals surface area contributed by atoms with E-state index < -0.39 is 6.04 Å². The fraction of sp³-hybridized carbons (Fsp3) is 0.417. The Morgan fingerprint density at radius 1 is 1.03 bits per heavy atom. The van der Waals surface area contributed by atoms with Gasteiger partial charge >= 0.3 is 0 Å². The first-order valence-corrected chi connectivity index (χ1v) is 10.6. The molecule has 0 aromatic heterocycles. The van der Waals surface area contributed by atoms with Crippen LogP contribution in [0, 0.1) is 5.82 Å². The zero-order valence-electron chi connectivity index (χ0n) is 18.4. The summed E-state index contributed by atoms with van der Waals surface area (Å²) < 4.78 is 23.8. The van der Waals surface area contributed by atoms with Crippen LogP contribution in [-0.4, -0.2) is 43.0 Å². The minimum absolute atomic E-state index is 0.181. The normalized spacial score (nSPS) is 11.5. The van der Waals surface area contributed by atoms with E-state index in [-0.39, 0.29) is 30.8 Å². The largest absolute Gasteiger partial charge is 0.497 e. The molecule has 0 unspecified atom stereocenters. The monoisotopic (exact) mass is 430 g/mol. The number of unbranched alkanes of at least 4 members (excludes halogenated alkanes) is 1. The van der Waals surface area contributed by atoms with E-state index in [1.54, 1.807) is 7.11 Å². The summed E-state index contributed by atoms with van der Waals surface area (Å²) in [6.07, 6.45) is 2.32. The molecule has 0 aliphatic carbocycles. The van der Waals surface area contributed by atoms with Crippen LogP contribution in [0.25, 0.3) is 0 Å². The molecule has 0 spiro atoms. The van der Waals surface area contributed by atoms with Gasteiger partial charge in [0, 0.05) is 13.1 Å². The number of benzene rings is 2. The first-order chi connectivity index (χ1) is 15.0. The van der Waals surface area contributed by atoms with Gasteiger partial charge in [-0.3, -0.25) is 9.59 Å². The van der Waals surface area contributed by atoms with Gasteiger partial charge in [0.05, 0.1) is 7.11 Å². The third kappa shape index (κ3) is 7.59. The molecule has 1 N–H and O–H groups in total. The van der Waals surface area contributed by atoms with E-state index in [4.69, 9.17) is 9.47 Å². The van der Waals surface area contributed by atoms with Gasteiger partial charge in [0.15, 0.2) is 6.61 Å². The van der Waals surface area contributed by atoms with Crippen molar-refractivity contribution < 1.29 is 23.5 Å². The van der Waals surface area contributed by atoms with Gasteiger partial charge in [-0.15, -0.1) is 0 Å². The Bertz CT molecular complexity index is 824. The molecule has 7 heteroatoms. The predicted molar refractivity (Wildman–Crippen MR) is 117 cm³/mol. The van der Waals surface area contributed by atoms with Crippen molar-refractivity contribution in [1.82, 2.24) is 10.2 Å². The molecule has 0 bridgehead atoms. The van der Waals surface area contributed by atoms with E-state index in [9.17, 15) is 14.0 Å². The fourth-order valence-electron chi connectivity index (χ4n) is 3.11. The van der Waals surface area contributed by atoms with Crippen LogP contribution in [0.5, 0.6) is 11.5 Å². The topological polar surface area (TPSA) is 67.9 Å². The molecule has 2 amide bonds. The van der Waals surface area contributed by atoms with Gasteiger partial charge in [-0.05, 0) is 54.8 Å². The summed E-state index contributed by atoms with van der Waals surface area (Å²) in [5.74, 6) is 0.219. The molecule has 0 saturated heterocycles. The van der Waals surface area contributed by atoms with Crippen molar-refractivity contribution in [3.63, 3.8) is 0 Å². The molecule has 0 aliphatic rings. The van der Waals surface area contributed by atoms with E-state index in [2.05, 4.69) is 12.2 Å². The Kier molecular flexibility index (Phi) is 9.81. The minimum Gasteiger partial charge on any atom is -0.497 e. The average Bonchev–Trinajstić information content (AvgIpc) is 2.79. The number of carbonyl (C=O) groups excluding carboxylic acids is 2. The molecule has 0 heterocycles. The molecule has 2 rings (SSSR count). The van der Waals surface area contributed by atoms with E-state index in [1.807, 2.05) is 31.2 Å². The Morgan fingerprint density at radius 3 is 2.26 bits per heavy atom. The summed E-state index contributed by atoms with van der Waals surface area (Å²) in [6, 6.07) is 12.2. The lowest BCUT2D eigenvalue weighted by Crippen LogP contribution is -2.50. The Balaban J connectivity index is 2.16. The molecule has 1 atom stereocenters. The summed E-state index contributed by atoms with van der Waals surface area (Å²) in [7, 11) is 1.59. The number of hydrogen-bond acceptors (Lipinski definition) is 4. The smallest absolute Gasteiger partial charge is 0.261 e. The highest BCUT2D eigenvalue weighted by molar-refractivity contribution is 5.88. The Hall–Kier alpha value is -3.09. The molecule has 2 aromatic carbocycles. The van der Waals surface area contributed by atoms with Crippen LogP contribution in [0.2, 0.25) is 0 Å². The second kappa shape index (κ2) is 12.6. The van der Waals surface area contributed by atoms with Gasteiger partial charge < -0.3 is 19.7 Å². The van der Waals surface area contributed by atoms with Gasteiger partial charge in [-0.2, -0.15) is 0 Å². The van der Waals surface area contributed by atoms with Crippen LogP contribution in [0.4, 0.5) is 4.39 Å². The molecule has 0 aliphatic heterocycles. The summed E-state index contributed by atoms with van der Waals surface area (Å²) in [6.45, 7) is 4.51. The van der Waals surface area contributed by atoms with E-state index >= 15 is 0 Å². The van der Waals surface area contributed by atoms with Crippen molar-refractivity contribution in [2.45, 2.75) is 45.7 Å². The number of amides is 2. The standard InChI is InChI=1S/C24H31FN2O4/c1-4-6-15-26-24(29)22(5-2)27(16-18-7-11-20(30-3)12-8-18)23(28)17-31-21-13-9-19(25)10-14-21/h7-14,22H,4-6,15-17H2,1-3H3,(H,26,29)/t22-/m1/s1. The van der Waals surface area contributed by atoms with Crippen molar-refractivity contribution in [2.24, 2.45) is 0 Å². The highest BCUT2D eigenvalue weighted by Crippen LogP contribution is 2.17. The molecule has 0 fully saturated rings. The van der Waals surface area contributed by atoms with Crippen molar-refractivity contribution in [3.05, 3.63) is 59.9 Å². The third-order valence-electron chi connectivity index (χ3n) is 4.90. The van der Waals surface area contributed by atoms with Gasteiger partial charge in [-0.1, -0.05) is 32.4 Å². The maximum absolute atomic E-state index is 13.1. The first-order valence-electron chi connectivity index (χ1n) is 10.6. The molecule has 168 valence electrons. The zero-order chi connectivity index (χ0) is 22.6. The van der Waals surface area contributed by atoms with Gasteiger partial charge in [0.1, 0.15) is 23.4 Å². The lowest BCUT2D eigenvalue weighted by molar-refractivity contribution is -0.143. The number of nitrogens with zero attached hydrogens (tertiary/aromatic N) is 1. The van der Waals surface area contributed by atoms with Crippen LogP contribution in [0.1, 0.15) is 38.7 Å². The van der Waals surface area contributed by atoms with Gasteiger partial charge in [0.25, 0.3) is 5.91 Å². The van der Waals surface area contributed by atoms with Crippen LogP contribution in [0.3, 0.4) is 0 Å². The number of hydrogen-bond donors (Lipinski definition) is 1. The van der Waals surface area contributed by atoms with Gasteiger partial charge in [0.2, 0.25) is 5.91 Å². The molecule has 0 radical (unpaired) electrons. The fourth-order valence-corrected chi connectivity index (χ4v) is 3.11. The summed E-state index contributed by atoms with van der Waals surface area (Å²) in [4.78, 5) is 27.4. The second-order valence-electron chi connectivity index (χ2n) is 7.18. The summed E-state index contributed by atoms with van der Waals surface area (Å²) in [5.41, 5.74) is 0.871. The number of ether oxygens (including phenoxy) is 2. The molecule has 2 aromatic rings. The van der Waals surface area contributed by atoms with Crippen molar-refractivity contribution in [3.8, 4) is 11.5 Å². The Labute approximate surface area is 183 Å². The lowest BCUT2D eigenvalue weighted by atomic mass is 10.1. The molecular weight excluding hydrogens is 399 g/mol. The zero-order valence-corrected chi connectivity index (χ0v) is 18.4. The van der Waals surface area contributed by atoms with E-state index in [0.29, 0.717) is 24.5 Å². The quantitative estimate of drug-likeness (QED) is 0.518. The van der Waals surface area contributed by atoms with Crippen LogP contribution in [0.15, 0.2) is 48.5 Å². The second-order valence-corrected chi connectivity index (χ2v) is 7.18. The lowest BCUT2D eigenvalue weighted by Gasteiger charge is -2.30. The maximum atomic E-state index is 13.1. The van der Waals surface area contributed by atoms with E-state index in [1.165, 1.54) is 29.2 Å². The number of methoxy groups -OCH3 is 1. The molecule has 0 saturated carbocycles. The predicted octanol–water partition coefficient (Wildman–Crippen LogP) is 3.94. The van der Waals surface area contributed by atoms with Crippen LogP contribution >= 0.6 is 0 Å². The molecule has 31 heavy (non-hydrogen) atoms. The summed E-state index contributed by atoms with van der Waals surface area (Å²) >= 11 is 0. The van der Waals surface area contributed by atoms with Gasteiger partial charge in [-0.25, -0.2) is 4.39 Å². The third-order valence-corrected chi connectivity index (χ3v) is 4.90. The highest BCUT2D eigenvalue weighted by Gasteiger charge is 2.28. The average molecular weight is 431 g/mol. The number of rotatable bonds is 12.